The molecular formula is C29H23F2N3O2. The molecule has 0 N–H and O–H groups in total. The average molecular weight is 484 g/mol. The van der Waals surface area contributed by atoms with Crippen LogP contribution in [0.25, 0.3) is 5.69 Å². The smallest absolute Gasteiger partial charge is 0.254 e. The van der Waals surface area contributed by atoms with Gasteiger partial charge in [0.2, 0.25) is 5.91 Å². The van der Waals surface area contributed by atoms with Gasteiger partial charge in [-0.3, -0.25) is 14.5 Å². The first-order chi connectivity index (χ1) is 17.5. The van der Waals surface area contributed by atoms with Crippen LogP contribution in [0.2, 0.25) is 0 Å². The van der Waals surface area contributed by atoms with Crippen molar-refractivity contribution in [1.29, 1.82) is 0 Å². The Labute approximate surface area is 207 Å². The SMILES string of the molecule is O=C(c1ccc(F)cc1)N(CC(=O)N1c2ccccc2-n2cccc2C1c1ccc(F)cc1)C1CC1. The van der Waals surface area contributed by atoms with Crippen LogP contribution in [0.1, 0.15) is 40.5 Å². The van der Waals surface area contributed by atoms with Gasteiger partial charge in [0.1, 0.15) is 24.2 Å². The highest BCUT2D eigenvalue weighted by atomic mass is 19.1. The van der Waals surface area contributed by atoms with Crippen molar-refractivity contribution in [3.8, 4) is 5.69 Å². The van der Waals surface area contributed by atoms with Gasteiger partial charge in [0.15, 0.2) is 0 Å². The summed E-state index contributed by atoms with van der Waals surface area (Å²) in [7, 11) is 0. The lowest BCUT2D eigenvalue weighted by molar-refractivity contribution is -0.119. The Balaban J connectivity index is 1.40. The molecule has 2 heterocycles. The van der Waals surface area contributed by atoms with Crippen molar-refractivity contribution in [2.75, 3.05) is 11.4 Å². The number of carbonyl (C=O) groups is 2. The van der Waals surface area contributed by atoms with Crippen LogP contribution in [0.15, 0.2) is 91.1 Å². The third-order valence-electron chi connectivity index (χ3n) is 6.82. The maximum Gasteiger partial charge on any atom is 0.254 e. The molecule has 0 saturated heterocycles. The molecule has 1 aliphatic heterocycles. The Hall–Kier alpha value is -4.26. The molecule has 0 spiro atoms. The quantitative estimate of drug-likeness (QED) is 0.377. The minimum Gasteiger partial charge on any atom is -0.326 e. The van der Waals surface area contributed by atoms with Gasteiger partial charge in [0.25, 0.3) is 5.91 Å². The first-order valence-electron chi connectivity index (χ1n) is 11.9. The van der Waals surface area contributed by atoms with Crippen LogP contribution in [-0.4, -0.2) is 33.9 Å². The molecular weight excluding hydrogens is 460 g/mol. The van der Waals surface area contributed by atoms with Crippen molar-refractivity contribution >= 4 is 17.5 Å². The van der Waals surface area contributed by atoms with Gasteiger partial charge in [-0.05, 0) is 79.1 Å². The molecule has 1 saturated carbocycles. The molecule has 180 valence electrons. The van der Waals surface area contributed by atoms with Crippen LogP contribution in [0.5, 0.6) is 0 Å². The maximum atomic E-state index is 14.1. The van der Waals surface area contributed by atoms with E-state index in [1.807, 2.05) is 47.2 Å². The van der Waals surface area contributed by atoms with E-state index in [4.69, 9.17) is 0 Å². The van der Waals surface area contributed by atoms with Gasteiger partial charge in [-0.15, -0.1) is 0 Å². The minimum absolute atomic E-state index is 0.0281. The van der Waals surface area contributed by atoms with Gasteiger partial charge in [-0.25, -0.2) is 8.78 Å². The second-order valence-electron chi connectivity index (χ2n) is 9.18. The Morgan fingerprint density at radius 1 is 0.806 bits per heavy atom. The summed E-state index contributed by atoms with van der Waals surface area (Å²) in [6.07, 6.45) is 3.59. The van der Waals surface area contributed by atoms with E-state index >= 15 is 0 Å². The fraction of sp³-hybridized carbons (Fsp3) is 0.172. The van der Waals surface area contributed by atoms with E-state index in [9.17, 15) is 18.4 Å². The summed E-state index contributed by atoms with van der Waals surface area (Å²) in [6.45, 7) is -0.117. The zero-order valence-electron chi connectivity index (χ0n) is 19.4. The van der Waals surface area contributed by atoms with Gasteiger partial charge < -0.3 is 9.47 Å². The van der Waals surface area contributed by atoms with Gasteiger partial charge >= 0.3 is 0 Å². The fourth-order valence-electron chi connectivity index (χ4n) is 4.96. The van der Waals surface area contributed by atoms with Crippen LogP contribution in [0.3, 0.4) is 0 Å². The molecule has 36 heavy (non-hydrogen) atoms. The third kappa shape index (κ3) is 3.86. The summed E-state index contributed by atoms with van der Waals surface area (Å²) in [5.41, 5.74) is 3.55. The molecule has 0 bridgehead atoms. The number of hydrogen-bond acceptors (Lipinski definition) is 2. The Morgan fingerprint density at radius 3 is 2.11 bits per heavy atom. The molecule has 1 unspecified atom stereocenters. The number of carbonyl (C=O) groups excluding carboxylic acids is 2. The number of anilines is 1. The number of rotatable bonds is 5. The largest absolute Gasteiger partial charge is 0.326 e. The normalized spacial score (nSPS) is 16.3. The third-order valence-corrected chi connectivity index (χ3v) is 6.82. The zero-order chi connectivity index (χ0) is 24.8. The Bertz CT molecular complexity index is 1440. The molecule has 4 aromatic rings. The van der Waals surface area contributed by atoms with Crippen molar-refractivity contribution in [3.05, 3.63) is 120 Å². The van der Waals surface area contributed by atoms with E-state index in [1.54, 1.807) is 21.9 Å². The van der Waals surface area contributed by atoms with Crippen LogP contribution in [-0.2, 0) is 4.79 Å². The lowest BCUT2D eigenvalue weighted by Gasteiger charge is -2.39. The molecule has 2 aliphatic rings. The number of amides is 2. The van der Waals surface area contributed by atoms with Crippen molar-refractivity contribution in [2.24, 2.45) is 0 Å². The van der Waals surface area contributed by atoms with Gasteiger partial charge in [0, 0.05) is 17.8 Å². The molecule has 7 heteroatoms. The number of fused-ring (bicyclic) bond motifs is 3. The molecule has 1 aliphatic carbocycles. The summed E-state index contributed by atoms with van der Waals surface area (Å²) in [6, 6.07) is 22.5. The second kappa shape index (κ2) is 8.75. The average Bonchev–Trinajstić information content (AvgIpc) is 3.62. The van der Waals surface area contributed by atoms with E-state index in [-0.39, 0.29) is 30.2 Å². The molecule has 5 nitrogen and oxygen atoms in total. The number of benzene rings is 3. The Kier molecular flexibility index (Phi) is 5.40. The molecule has 0 radical (unpaired) electrons. The molecule has 1 atom stereocenters. The number of hydrogen-bond donors (Lipinski definition) is 0. The summed E-state index contributed by atoms with van der Waals surface area (Å²) < 4.78 is 29.2. The summed E-state index contributed by atoms with van der Waals surface area (Å²) in [5, 5.41) is 0. The highest BCUT2D eigenvalue weighted by Crippen LogP contribution is 2.42. The van der Waals surface area contributed by atoms with E-state index < -0.39 is 11.9 Å². The predicted octanol–water partition coefficient (Wildman–Crippen LogP) is 5.50. The molecule has 1 fully saturated rings. The fourth-order valence-corrected chi connectivity index (χ4v) is 4.96. The van der Waals surface area contributed by atoms with Crippen molar-refractivity contribution in [1.82, 2.24) is 9.47 Å². The van der Waals surface area contributed by atoms with Gasteiger partial charge in [-0.1, -0.05) is 24.3 Å². The van der Waals surface area contributed by atoms with Crippen molar-refractivity contribution in [3.63, 3.8) is 0 Å². The first-order valence-corrected chi connectivity index (χ1v) is 11.9. The molecule has 6 rings (SSSR count). The maximum absolute atomic E-state index is 14.1. The van der Waals surface area contributed by atoms with E-state index in [2.05, 4.69) is 0 Å². The van der Waals surface area contributed by atoms with Gasteiger partial charge in [0.05, 0.1) is 17.1 Å². The van der Waals surface area contributed by atoms with Crippen LogP contribution >= 0.6 is 0 Å². The van der Waals surface area contributed by atoms with E-state index in [0.29, 0.717) is 11.3 Å². The second-order valence-corrected chi connectivity index (χ2v) is 9.18. The lowest BCUT2D eigenvalue weighted by Crippen LogP contribution is -2.47. The molecule has 2 amide bonds. The summed E-state index contributed by atoms with van der Waals surface area (Å²) in [4.78, 5) is 30.7. The number of aromatic nitrogens is 1. The van der Waals surface area contributed by atoms with E-state index in [1.165, 1.54) is 36.4 Å². The predicted molar refractivity (Wildman–Crippen MR) is 132 cm³/mol. The number of halogens is 2. The summed E-state index contributed by atoms with van der Waals surface area (Å²) in [5.74, 6) is -1.31. The number of nitrogens with zero attached hydrogens (tertiary/aromatic N) is 3. The standard InChI is InChI=1S/C29H23F2N3O2/c30-21-11-7-19(8-12-21)28-26-6-3-17-32(26)24-4-1-2-5-25(24)34(28)27(35)18-33(23-15-16-23)29(36)20-9-13-22(31)14-10-20/h1-14,17,23,28H,15-16,18H2. The monoisotopic (exact) mass is 483 g/mol. The minimum atomic E-state index is -0.495. The topological polar surface area (TPSA) is 45.6 Å². The first kappa shape index (κ1) is 22.2. The highest BCUT2D eigenvalue weighted by molar-refractivity contribution is 6.02. The van der Waals surface area contributed by atoms with Crippen LogP contribution < -0.4 is 4.90 Å². The highest BCUT2D eigenvalue weighted by Gasteiger charge is 2.40. The zero-order valence-corrected chi connectivity index (χ0v) is 19.4. The van der Waals surface area contributed by atoms with Crippen LogP contribution in [0, 0.1) is 11.6 Å². The lowest BCUT2D eigenvalue weighted by atomic mass is 9.97. The Morgan fingerprint density at radius 2 is 1.44 bits per heavy atom. The van der Waals surface area contributed by atoms with E-state index in [0.717, 1.165) is 29.8 Å². The molecule has 3 aromatic carbocycles. The number of para-hydroxylation sites is 2. The summed E-state index contributed by atoms with van der Waals surface area (Å²) >= 11 is 0. The van der Waals surface area contributed by atoms with Crippen LogP contribution in [0.4, 0.5) is 14.5 Å². The van der Waals surface area contributed by atoms with Crippen molar-refractivity contribution in [2.45, 2.75) is 24.9 Å². The van der Waals surface area contributed by atoms with Gasteiger partial charge in [-0.2, -0.15) is 0 Å². The molecule has 1 aromatic heterocycles. The van der Waals surface area contributed by atoms with Crippen molar-refractivity contribution < 1.29 is 18.4 Å².